The number of hydrogen-bond donors (Lipinski definition) is 2. The van der Waals surface area contributed by atoms with Crippen LogP contribution in [0, 0.1) is 5.82 Å². The lowest BCUT2D eigenvalue weighted by Gasteiger charge is -2.08. The number of benzene rings is 1. The Labute approximate surface area is 116 Å². The monoisotopic (exact) mass is 282 g/mol. The van der Waals surface area contributed by atoms with Crippen molar-refractivity contribution in [3.8, 4) is 5.75 Å². The fraction of sp³-hybridized carbons (Fsp3) is 0.385. The van der Waals surface area contributed by atoms with E-state index in [2.05, 4.69) is 5.32 Å². The van der Waals surface area contributed by atoms with E-state index in [1.807, 2.05) is 0 Å². The number of amides is 1. The average molecular weight is 282 g/mol. The summed E-state index contributed by atoms with van der Waals surface area (Å²) in [5.41, 5.74) is 5.54. The number of ether oxygens (including phenoxy) is 1. The number of nitrogens with one attached hydrogen (secondary N) is 1. The van der Waals surface area contributed by atoms with Crippen molar-refractivity contribution in [3.63, 3.8) is 0 Å². The Morgan fingerprint density at radius 1 is 1.53 bits per heavy atom. The van der Waals surface area contributed by atoms with Gasteiger partial charge in [0.25, 0.3) is 0 Å². The molecule has 0 bridgehead atoms. The van der Waals surface area contributed by atoms with Crippen LogP contribution in [0.25, 0.3) is 0 Å². The molecule has 1 saturated carbocycles. The van der Waals surface area contributed by atoms with Crippen molar-refractivity contribution in [2.24, 2.45) is 5.73 Å². The van der Waals surface area contributed by atoms with E-state index in [0.29, 0.717) is 11.8 Å². The Morgan fingerprint density at radius 2 is 2.26 bits per heavy atom. The highest BCUT2D eigenvalue weighted by molar-refractivity contribution is 7.80. The fourth-order valence-electron chi connectivity index (χ4n) is 1.57. The number of nitrogens with two attached hydrogens (primary N) is 1. The summed E-state index contributed by atoms with van der Waals surface area (Å²) in [4.78, 5) is 11.4. The summed E-state index contributed by atoms with van der Waals surface area (Å²) in [7, 11) is 0. The Hall–Kier alpha value is -1.69. The van der Waals surface area contributed by atoms with Crippen LogP contribution in [-0.4, -0.2) is 23.5 Å². The highest BCUT2D eigenvalue weighted by atomic mass is 32.1. The molecule has 6 heteroatoms. The molecule has 1 aromatic rings. The molecule has 0 spiro atoms. The van der Waals surface area contributed by atoms with E-state index in [9.17, 15) is 9.18 Å². The molecule has 102 valence electrons. The molecule has 1 fully saturated rings. The van der Waals surface area contributed by atoms with E-state index in [1.54, 1.807) is 6.07 Å². The van der Waals surface area contributed by atoms with Crippen LogP contribution < -0.4 is 15.8 Å². The second kappa shape index (κ2) is 5.97. The maximum Gasteiger partial charge on any atom is 0.223 e. The van der Waals surface area contributed by atoms with Gasteiger partial charge < -0.3 is 15.8 Å². The van der Waals surface area contributed by atoms with Gasteiger partial charge in [-0.15, -0.1) is 0 Å². The third kappa shape index (κ3) is 4.17. The summed E-state index contributed by atoms with van der Waals surface area (Å²) >= 11 is 4.70. The molecule has 1 aliphatic carbocycles. The largest absolute Gasteiger partial charge is 0.493 e. The Balaban J connectivity index is 1.80. The molecular weight excluding hydrogens is 267 g/mol. The Kier molecular flexibility index (Phi) is 4.31. The van der Waals surface area contributed by atoms with Gasteiger partial charge in [-0.2, -0.15) is 0 Å². The van der Waals surface area contributed by atoms with Crippen LogP contribution in [0.15, 0.2) is 18.2 Å². The van der Waals surface area contributed by atoms with E-state index in [0.717, 1.165) is 12.8 Å². The lowest BCUT2D eigenvalue weighted by molar-refractivity contribution is -0.121. The third-order valence-corrected chi connectivity index (χ3v) is 2.97. The smallest absolute Gasteiger partial charge is 0.223 e. The van der Waals surface area contributed by atoms with Gasteiger partial charge >= 0.3 is 0 Å². The quantitative estimate of drug-likeness (QED) is 0.776. The lowest BCUT2D eigenvalue weighted by atomic mass is 10.2. The lowest BCUT2D eigenvalue weighted by Crippen LogP contribution is -2.26. The fourth-order valence-corrected chi connectivity index (χ4v) is 1.74. The van der Waals surface area contributed by atoms with Gasteiger partial charge in [0.05, 0.1) is 13.0 Å². The topological polar surface area (TPSA) is 64.3 Å². The van der Waals surface area contributed by atoms with Gasteiger partial charge in [-0.3, -0.25) is 4.79 Å². The summed E-state index contributed by atoms with van der Waals surface area (Å²) in [6.07, 6.45) is 2.37. The zero-order chi connectivity index (χ0) is 13.8. The molecule has 1 aromatic carbocycles. The van der Waals surface area contributed by atoms with E-state index in [4.69, 9.17) is 22.7 Å². The molecule has 0 unspecified atom stereocenters. The Morgan fingerprint density at radius 3 is 2.84 bits per heavy atom. The number of hydrogen-bond acceptors (Lipinski definition) is 3. The van der Waals surface area contributed by atoms with E-state index in [1.165, 1.54) is 12.1 Å². The average Bonchev–Trinajstić information content (AvgIpc) is 3.12. The molecule has 2 rings (SSSR count). The van der Waals surface area contributed by atoms with Gasteiger partial charge in [0, 0.05) is 17.7 Å². The van der Waals surface area contributed by atoms with Gasteiger partial charge in [0.1, 0.15) is 16.6 Å². The molecule has 0 radical (unpaired) electrons. The zero-order valence-electron chi connectivity index (χ0n) is 10.3. The van der Waals surface area contributed by atoms with Crippen LogP contribution in [0.1, 0.15) is 24.8 Å². The molecule has 4 nitrogen and oxygen atoms in total. The van der Waals surface area contributed by atoms with Crippen LogP contribution >= 0.6 is 12.2 Å². The molecular formula is C13H15FN2O2S. The standard InChI is InChI=1S/C13H15FN2O2S/c14-11-7-9(3-4-10(11)13(15)19)18-6-5-12(17)16-8-1-2-8/h3-4,7-8H,1-2,5-6H2,(H2,15,19)(H,16,17). The summed E-state index contributed by atoms with van der Waals surface area (Å²) in [6, 6.07) is 4.61. The minimum Gasteiger partial charge on any atom is -0.493 e. The van der Waals surface area contributed by atoms with Gasteiger partial charge in [-0.1, -0.05) is 12.2 Å². The predicted molar refractivity (Wildman–Crippen MR) is 73.6 cm³/mol. The van der Waals surface area contributed by atoms with Crippen molar-refractivity contribution in [3.05, 3.63) is 29.6 Å². The van der Waals surface area contributed by atoms with E-state index in [-0.39, 0.29) is 29.5 Å². The number of thiocarbonyl (C=S) groups is 1. The second-order valence-electron chi connectivity index (χ2n) is 4.45. The molecule has 0 saturated heterocycles. The van der Waals surface area contributed by atoms with Crippen LogP contribution in [0.2, 0.25) is 0 Å². The van der Waals surface area contributed by atoms with E-state index >= 15 is 0 Å². The molecule has 0 heterocycles. The summed E-state index contributed by atoms with van der Waals surface area (Å²) in [6.45, 7) is 0.213. The molecule has 3 N–H and O–H groups in total. The zero-order valence-corrected chi connectivity index (χ0v) is 11.1. The first-order valence-electron chi connectivity index (χ1n) is 6.08. The van der Waals surface area contributed by atoms with Crippen molar-refractivity contribution >= 4 is 23.1 Å². The number of rotatable bonds is 6. The van der Waals surface area contributed by atoms with Gasteiger partial charge in [0.2, 0.25) is 5.91 Å². The minimum absolute atomic E-state index is 0.00728. The maximum atomic E-state index is 13.5. The van der Waals surface area contributed by atoms with Crippen molar-refractivity contribution in [2.75, 3.05) is 6.61 Å². The van der Waals surface area contributed by atoms with Crippen LogP contribution in [0.5, 0.6) is 5.75 Å². The molecule has 0 aliphatic heterocycles. The Bertz CT molecular complexity index is 503. The van der Waals surface area contributed by atoms with Crippen molar-refractivity contribution < 1.29 is 13.9 Å². The van der Waals surface area contributed by atoms with Gasteiger partial charge in [-0.25, -0.2) is 4.39 Å². The SMILES string of the molecule is NC(=S)c1ccc(OCCC(=O)NC2CC2)cc1F. The van der Waals surface area contributed by atoms with Crippen LogP contribution in [0.4, 0.5) is 4.39 Å². The first kappa shape index (κ1) is 13.7. The molecule has 1 amide bonds. The van der Waals surface area contributed by atoms with Crippen molar-refractivity contribution in [1.82, 2.24) is 5.32 Å². The highest BCUT2D eigenvalue weighted by Crippen LogP contribution is 2.19. The number of carbonyl (C=O) groups excluding carboxylic acids is 1. The maximum absolute atomic E-state index is 13.5. The second-order valence-corrected chi connectivity index (χ2v) is 4.89. The molecule has 19 heavy (non-hydrogen) atoms. The van der Waals surface area contributed by atoms with Gasteiger partial charge in [-0.05, 0) is 25.0 Å². The third-order valence-electron chi connectivity index (χ3n) is 2.75. The highest BCUT2D eigenvalue weighted by Gasteiger charge is 2.22. The van der Waals surface area contributed by atoms with Crippen LogP contribution in [-0.2, 0) is 4.79 Å². The summed E-state index contributed by atoms with van der Waals surface area (Å²) < 4.78 is 18.8. The first-order chi connectivity index (χ1) is 9.06. The normalized spacial score (nSPS) is 13.9. The molecule has 0 aromatic heterocycles. The van der Waals surface area contributed by atoms with Crippen molar-refractivity contribution in [1.29, 1.82) is 0 Å². The first-order valence-corrected chi connectivity index (χ1v) is 6.48. The summed E-state index contributed by atoms with van der Waals surface area (Å²) in [5.74, 6) is -0.202. The predicted octanol–water partition coefficient (Wildman–Crippen LogP) is 1.51. The van der Waals surface area contributed by atoms with Crippen molar-refractivity contribution in [2.45, 2.75) is 25.3 Å². The number of halogens is 1. The molecule has 1 aliphatic rings. The number of carbonyl (C=O) groups is 1. The molecule has 0 atom stereocenters. The summed E-state index contributed by atoms with van der Waals surface area (Å²) in [5, 5.41) is 2.85. The van der Waals surface area contributed by atoms with Crippen LogP contribution in [0.3, 0.4) is 0 Å². The minimum atomic E-state index is -0.521. The van der Waals surface area contributed by atoms with Gasteiger partial charge in [0.15, 0.2) is 0 Å². The van der Waals surface area contributed by atoms with E-state index < -0.39 is 5.82 Å².